The van der Waals surface area contributed by atoms with Crippen molar-refractivity contribution < 1.29 is 22.7 Å². The molecule has 1 N–H and O–H groups in total. The molecule has 0 aliphatic carbocycles. The van der Waals surface area contributed by atoms with Gasteiger partial charge in [-0.1, -0.05) is 12.1 Å². The lowest BCUT2D eigenvalue weighted by Gasteiger charge is -2.11. The maximum Gasteiger partial charge on any atom is 0.326 e. The van der Waals surface area contributed by atoms with Crippen molar-refractivity contribution in [2.75, 3.05) is 18.1 Å². The molecule has 2 aromatic rings. The summed E-state index contributed by atoms with van der Waals surface area (Å²) in [6.45, 7) is -0.910. The highest BCUT2D eigenvalue weighted by atomic mass is 32.2. The first kappa shape index (κ1) is 18.1. The van der Waals surface area contributed by atoms with Crippen molar-refractivity contribution in [3.63, 3.8) is 0 Å². The van der Waals surface area contributed by atoms with Crippen molar-refractivity contribution in [3.05, 3.63) is 40.9 Å². The molecular weight excluding hydrogens is 362 g/mol. The third kappa shape index (κ3) is 4.26. The van der Waals surface area contributed by atoms with Gasteiger partial charge in [-0.2, -0.15) is 0 Å². The number of ether oxygens (including phenoxy) is 1. The molecule has 1 unspecified atom stereocenters. The summed E-state index contributed by atoms with van der Waals surface area (Å²) in [6.07, 6.45) is 1.59. The summed E-state index contributed by atoms with van der Waals surface area (Å²) in [4.78, 5) is 40.0. The second-order valence-electron chi connectivity index (χ2n) is 6.02. The molecule has 0 radical (unpaired) electrons. The molecule has 138 valence electrons. The fourth-order valence-electron chi connectivity index (χ4n) is 2.73. The van der Waals surface area contributed by atoms with Gasteiger partial charge in [-0.05, 0) is 18.6 Å². The number of hydrogen-bond acceptors (Lipinski definition) is 7. The summed E-state index contributed by atoms with van der Waals surface area (Å²) >= 11 is 0. The van der Waals surface area contributed by atoms with E-state index in [0.717, 1.165) is 4.57 Å². The highest BCUT2D eigenvalue weighted by Gasteiger charge is 2.29. The van der Waals surface area contributed by atoms with Crippen molar-refractivity contribution in [1.82, 2.24) is 14.9 Å². The van der Waals surface area contributed by atoms with E-state index in [1.807, 2.05) is 0 Å². The number of nitrogens with one attached hydrogen (secondary N) is 1. The lowest BCUT2D eigenvalue weighted by atomic mass is 10.2. The molecule has 1 aromatic carbocycles. The molecule has 1 aliphatic rings. The van der Waals surface area contributed by atoms with Crippen molar-refractivity contribution in [2.45, 2.75) is 19.0 Å². The highest BCUT2D eigenvalue weighted by molar-refractivity contribution is 7.91. The third-order valence-corrected chi connectivity index (χ3v) is 5.76. The van der Waals surface area contributed by atoms with Gasteiger partial charge in [-0.15, -0.1) is 0 Å². The Bertz CT molecular complexity index is 1010. The van der Waals surface area contributed by atoms with E-state index in [0.29, 0.717) is 17.3 Å². The van der Waals surface area contributed by atoms with Crippen LogP contribution in [0.4, 0.5) is 0 Å². The van der Waals surface area contributed by atoms with Gasteiger partial charge >= 0.3 is 5.97 Å². The molecule has 1 aromatic heterocycles. The van der Waals surface area contributed by atoms with E-state index in [4.69, 9.17) is 4.74 Å². The average molecular weight is 379 g/mol. The van der Waals surface area contributed by atoms with Crippen LogP contribution in [0.15, 0.2) is 35.4 Å². The van der Waals surface area contributed by atoms with Gasteiger partial charge in [0, 0.05) is 6.04 Å². The van der Waals surface area contributed by atoms with Crippen molar-refractivity contribution in [3.8, 4) is 0 Å². The first-order chi connectivity index (χ1) is 12.3. The Morgan fingerprint density at radius 1 is 1.31 bits per heavy atom. The van der Waals surface area contributed by atoms with Crippen LogP contribution in [0.25, 0.3) is 10.9 Å². The van der Waals surface area contributed by atoms with Crippen LogP contribution < -0.4 is 10.9 Å². The molecule has 9 nitrogen and oxygen atoms in total. The van der Waals surface area contributed by atoms with Gasteiger partial charge in [0.15, 0.2) is 16.4 Å². The number of esters is 1. The third-order valence-electron chi connectivity index (χ3n) is 3.99. The van der Waals surface area contributed by atoms with Crippen LogP contribution in [-0.2, 0) is 30.7 Å². The number of rotatable bonds is 5. The number of fused-ring (bicyclic) bond motifs is 1. The largest absolute Gasteiger partial charge is 0.454 e. The number of carbonyl (C=O) groups excluding carboxylic acids is 2. The Balaban J connectivity index is 1.54. The molecule has 0 saturated carbocycles. The SMILES string of the molecule is O=C(COC(=O)Cn1cnc2ccccc2c1=O)NC1CCS(=O)(=O)C1. The van der Waals surface area contributed by atoms with Gasteiger partial charge in [0.25, 0.3) is 11.5 Å². The standard InChI is InChI=1S/C16H17N3O6S/c20-14(18-11-5-6-26(23,24)9-11)8-25-15(21)7-19-10-17-13-4-2-1-3-12(13)16(19)22/h1-4,10-11H,5-9H2,(H,18,20). The number of aromatic nitrogens is 2. The quantitative estimate of drug-likeness (QED) is 0.677. The Labute approximate surface area is 148 Å². The van der Waals surface area contributed by atoms with E-state index < -0.39 is 34.4 Å². The molecule has 1 saturated heterocycles. The summed E-state index contributed by atoms with van der Waals surface area (Å²) < 4.78 is 28.6. The number of hydrogen-bond donors (Lipinski definition) is 1. The summed E-state index contributed by atoms with van der Waals surface area (Å²) in [5, 5.41) is 2.89. The van der Waals surface area contributed by atoms with Crippen LogP contribution in [0, 0.1) is 0 Å². The zero-order chi connectivity index (χ0) is 18.7. The van der Waals surface area contributed by atoms with E-state index in [1.54, 1.807) is 24.3 Å². The monoisotopic (exact) mass is 379 g/mol. The highest BCUT2D eigenvalue weighted by Crippen LogP contribution is 2.11. The summed E-state index contributed by atoms with van der Waals surface area (Å²) in [5.74, 6) is -1.41. The summed E-state index contributed by atoms with van der Waals surface area (Å²) in [5.41, 5.74) is 0.140. The molecule has 2 heterocycles. The van der Waals surface area contributed by atoms with Crippen LogP contribution in [0.5, 0.6) is 0 Å². The van der Waals surface area contributed by atoms with Crippen LogP contribution in [0.2, 0.25) is 0 Å². The van der Waals surface area contributed by atoms with Crippen LogP contribution in [0.3, 0.4) is 0 Å². The molecule has 26 heavy (non-hydrogen) atoms. The van der Waals surface area contributed by atoms with Gasteiger partial charge in [0.05, 0.1) is 28.7 Å². The molecule has 3 rings (SSSR count). The second kappa shape index (κ2) is 7.24. The zero-order valence-electron chi connectivity index (χ0n) is 13.8. The minimum absolute atomic E-state index is 0.0373. The zero-order valence-corrected chi connectivity index (χ0v) is 14.6. The maximum absolute atomic E-state index is 12.3. The fraction of sp³-hybridized carbons (Fsp3) is 0.375. The molecule has 1 atom stereocenters. The van der Waals surface area contributed by atoms with Gasteiger partial charge in [0.2, 0.25) is 0 Å². The smallest absolute Gasteiger partial charge is 0.326 e. The van der Waals surface area contributed by atoms with E-state index in [-0.39, 0.29) is 23.6 Å². The minimum Gasteiger partial charge on any atom is -0.454 e. The number of sulfone groups is 1. The van der Waals surface area contributed by atoms with Gasteiger partial charge in [-0.25, -0.2) is 13.4 Å². The first-order valence-electron chi connectivity index (χ1n) is 7.94. The Morgan fingerprint density at radius 3 is 2.81 bits per heavy atom. The molecule has 1 aliphatic heterocycles. The Hall–Kier alpha value is -2.75. The number of amides is 1. The summed E-state index contributed by atoms with van der Waals surface area (Å²) in [6, 6.07) is 6.28. The van der Waals surface area contributed by atoms with Gasteiger partial charge < -0.3 is 10.1 Å². The first-order valence-corrected chi connectivity index (χ1v) is 9.76. The normalized spacial score (nSPS) is 18.5. The van der Waals surface area contributed by atoms with Crippen molar-refractivity contribution >= 4 is 32.6 Å². The maximum atomic E-state index is 12.3. The number of carbonyl (C=O) groups is 2. The van der Waals surface area contributed by atoms with E-state index in [2.05, 4.69) is 10.3 Å². The molecule has 1 fully saturated rings. The number of benzene rings is 1. The van der Waals surface area contributed by atoms with Crippen molar-refractivity contribution in [2.24, 2.45) is 0 Å². The predicted molar refractivity (Wildman–Crippen MR) is 92.2 cm³/mol. The second-order valence-corrected chi connectivity index (χ2v) is 8.25. The number of para-hydroxylation sites is 1. The molecule has 10 heteroatoms. The summed E-state index contributed by atoms with van der Waals surface area (Å²) in [7, 11) is -3.10. The number of nitrogens with zero attached hydrogens (tertiary/aromatic N) is 2. The topological polar surface area (TPSA) is 124 Å². The van der Waals surface area contributed by atoms with Gasteiger partial charge in [-0.3, -0.25) is 19.0 Å². The fourth-order valence-corrected chi connectivity index (χ4v) is 4.40. The van der Waals surface area contributed by atoms with E-state index >= 15 is 0 Å². The average Bonchev–Trinajstić information content (AvgIpc) is 2.94. The molecule has 1 amide bonds. The minimum atomic E-state index is -3.10. The molecule has 0 bridgehead atoms. The predicted octanol–water partition coefficient (Wildman–Crippen LogP) is -0.757. The lowest BCUT2D eigenvalue weighted by molar-refractivity contribution is -0.149. The molecular formula is C16H17N3O6S. The van der Waals surface area contributed by atoms with Gasteiger partial charge in [0.1, 0.15) is 6.54 Å². The Morgan fingerprint density at radius 2 is 2.08 bits per heavy atom. The van der Waals surface area contributed by atoms with Crippen LogP contribution in [-0.4, -0.2) is 54.0 Å². The van der Waals surface area contributed by atoms with E-state index in [1.165, 1.54) is 6.33 Å². The van der Waals surface area contributed by atoms with Crippen LogP contribution >= 0.6 is 0 Å². The molecule has 0 spiro atoms. The van der Waals surface area contributed by atoms with Crippen molar-refractivity contribution in [1.29, 1.82) is 0 Å². The Kier molecular flexibility index (Phi) is 5.03. The van der Waals surface area contributed by atoms with Crippen LogP contribution in [0.1, 0.15) is 6.42 Å². The van der Waals surface area contributed by atoms with E-state index in [9.17, 15) is 22.8 Å². The lowest BCUT2D eigenvalue weighted by Crippen LogP contribution is -2.38.